The molecule has 0 atom stereocenters. The Morgan fingerprint density at radius 3 is 1.92 bits per heavy atom. The van der Waals surface area contributed by atoms with Crippen LogP contribution >= 0.6 is 0 Å². The summed E-state index contributed by atoms with van der Waals surface area (Å²) in [6, 6.07) is 66.2. The third-order valence-electron chi connectivity index (χ3n) is 11.6. The van der Waals surface area contributed by atoms with Gasteiger partial charge in [-0.3, -0.25) is 0 Å². The summed E-state index contributed by atoms with van der Waals surface area (Å²) < 4.78 is 9.75. The number of pyridine rings is 1. The Morgan fingerprint density at radius 1 is 0.525 bits per heavy atom. The average Bonchev–Trinajstić information content (AvgIpc) is 3.98. The minimum absolute atomic E-state index is 0.0110. The van der Waals surface area contributed by atoms with Crippen LogP contribution in [0.25, 0.3) is 90.2 Å². The van der Waals surface area contributed by atoms with E-state index in [0.717, 1.165) is 28.1 Å². The molecule has 4 heterocycles. The number of hydrogen-bond donors (Lipinski definition) is 0. The summed E-state index contributed by atoms with van der Waals surface area (Å²) in [5, 5.41) is 3.78. The van der Waals surface area contributed by atoms with Gasteiger partial charge in [-0.1, -0.05) is 0 Å². The maximum atomic E-state index is 4.94. The molecule has 4 aromatic heterocycles. The van der Waals surface area contributed by atoms with Crippen LogP contribution in [0.4, 0.5) is 0 Å². The summed E-state index contributed by atoms with van der Waals surface area (Å²) in [7, 11) is 0. The van der Waals surface area contributed by atoms with Gasteiger partial charge in [-0.25, -0.2) is 0 Å². The Morgan fingerprint density at radius 2 is 1.17 bits per heavy atom. The van der Waals surface area contributed by atoms with Crippen LogP contribution in [0.2, 0.25) is 0 Å². The van der Waals surface area contributed by atoms with Crippen molar-refractivity contribution in [3.63, 3.8) is 0 Å². The number of para-hydroxylation sites is 4. The fourth-order valence-electron chi connectivity index (χ4n) is 8.68. The van der Waals surface area contributed by atoms with Crippen molar-refractivity contribution in [2.75, 3.05) is 0 Å². The molecule has 0 spiro atoms. The number of imidazole rings is 1. The molecule has 0 radical (unpaired) electrons. The van der Waals surface area contributed by atoms with Gasteiger partial charge >= 0.3 is 356 Å². The normalized spacial score (nSPS) is 12.0. The van der Waals surface area contributed by atoms with Crippen molar-refractivity contribution in [2.45, 2.75) is 26.2 Å². The fourth-order valence-corrected chi connectivity index (χ4v) is 11.7. The van der Waals surface area contributed by atoms with Crippen LogP contribution in [0.5, 0.6) is 0 Å². The molecule has 59 heavy (non-hydrogen) atoms. The van der Waals surface area contributed by atoms with Crippen LogP contribution in [0, 0.1) is 6.33 Å². The van der Waals surface area contributed by atoms with Gasteiger partial charge in [-0.05, 0) is 0 Å². The van der Waals surface area contributed by atoms with Crippen LogP contribution in [0.3, 0.4) is 0 Å². The van der Waals surface area contributed by atoms with Crippen LogP contribution in [0.15, 0.2) is 188 Å². The van der Waals surface area contributed by atoms with E-state index in [9.17, 15) is 0 Å². The molecule has 0 saturated carbocycles. The second-order valence-electron chi connectivity index (χ2n) is 16.2. The number of aromatic nitrogens is 4. The minimum atomic E-state index is -0.753. The van der Waals surface area contributed by atoms with Gasteiger partial charge in [0.15, 0.2) is 0 Å². The molecule has 0 amide bonds. The Balaban J connectivity index is 1.09. The van der Waals surface area contributed by atoms with Crippen molar-refractivity contribution in [2.24, 2.45) is 0 Å². The van der Waals surface area contributed by atoms with Crippen LogP contribution in [-0.2, 0) is 5.41 Å². The molecular weight excluding hydrogens is 832 g/mol. The van der Waals surface area contributed by atoms with Crippen LogP contribution in [0.1, 0.15) is 26.3 Å². The zero-order chi connectivity index (χ0) is 39.7. The summed E-state index contributed by atoms with van der Waals surface area (Å²) in [4.78, 5) is 4.94. The van der Waals surface area contributed by atoms with Gasteiger partial charge < -0.3 is 0 Å². The Bertz CT molecular complexity index is 3310. The predicted octanol–water partition coefficient (Wildman–Crippen LogP) is 12.7. The second kappa shape index (κ2) is 14.1. The summed E-state index contributed by atoms with van der Waals surface area (Å²) in [5.41, 5.74) is 14.2. The molecule has 0 unspecified atom stereocenters. The van der Waals surface area contributed by atoms with Crippen molar-refractivity contribution in [3.05, 3.63) is 200 Å². The summed E-state index contributed by atoms with van der Waals surface area (Å²) in [5.74, 6) is 0.945. The Labute approximate surface area is 353 Å². The third-order valence-corrected chi connectivity index (χ3v) is 14.7. The van der Waals surface area contributed by atoms with Gasteiger partial charge in [0.1, 0.15) is 0 Å². The maximum absolute atomic E-state index is 4.94. The standard InChI is InChI=1S/C54H40N4Te/c1-54(2,3)39-30-31-55-51(33-39)58-46-24-11-10-20-43(46)44-29-28-38(32-49(44)58)40-21-15-27-50-45(40)34-52(59-50)56-35-57(48-26-13-12-25-47(48)56)53-41(36-16-6-4-7-17-36)22-14-23-42(53)37-18-8-5-9-19-37/h4-34H,1-3H3. The summed E-state index contributed by atoms with van der Waals surface area (Å²) >= 11 is -0.753. The number of fused-ring (bicyclic) bond motifs is 5. The molecule has 0 aliphatic heterocycles. The topological polar surface area (TPSA) is 26.6 Å². The molecule has 0 N–H and O–H groups in total. The van der Waals surface area contributed by atoms with Crippen molar-refractivity contribution < 1.29 is 4.57 Å². The monoisotopic (exact) mass is 874 g/mol. The third kappa shape index (κ3) is 6.04. The quantitative estimate of drug-likeness (QED) is 0.0929. The van der Waals surface area contributed by atoms with Gasteiger partial charge in [0.05, 0.1) is 0 Å². The predicted molar refractivity (Wildman–Crippen MR) is 245 cm³/mol. The van der Waals surface area contributed by atoms with Crippen LogP contribution in [-0.4, -0.2) is 34.5 Å². The Kier molecular flexibility index (Phi) is 8.52. The zero-order valence-corrected chi connectivity index (χ0v) is 35.4. The summed E-state index contributed by atoms with van der Waals surface area (Å²) in [6.45, 7) is 6.78. The van der Waals surface area contributed by atoms with Crippen molar-refractivity contribution in [1.82, 2.24) is 14.1 Å². The second-order valence-corrected chi connectivity index (χ2v) is 19.3. The van der Waals surface area contributed by atoms with E-state index in [1.54, 1.807) is 0 Å². The molecule has 0 saturated heterocycles. The summed E-state index contributed by atoms with van der Waals surface area (Å²) in [6.07, 6.45) is 5.88. The van der Waals surface area contributed by atoms with Crippen molar-refractivity contribution in [3.8, 4) is 48.6 Å². The number of benzene rings is 7. The van der Waals surface area contributed by atoms with E-state index in [4.69, 9.17) is 4.98 Å². The Hall–Kier alpha value is -6.51. The SMILES string of the molecule is CC(C)(C)c1ccnc(-n2c3ccccc3c3ccc(-c4cccc5[te]c(-n6[c-][n+](-c7c(-c8ccccc8)cccc7-c7ccccc7)c7ccccc76)cc45)cc32)c1. The van der Waals surface area contributed by atoms with Gasteiger partial charge in [-0.2, -0.15) is 0 Å². The number of rotatable bonds is 6. The molecule has 282 valence electrons. The van der Waals surface area contributed by atoms with E-state index < -0.39 is 20.4 Å². The van der Waals surface area contributed by atoms with E-state index >= 15 is 0 Å². The van der Waals surface area contributed by atoms with Gasteiger partial charge in [0.25, 0.3) is 0 Å². The van der Waals surface area contributed by atoms with Gasteiger partial charge in [0.2, 0.25) is 0 Å². The first kappa shape index (κ1) is 35.6. The average molecular weight is 873 g/mol. The van der Waals surface area contributed by atoms with E-state index in [1.807, 2.05) is 6.20 Å². The molecular formula is C54H40N4Te. The van der Waals surface area contributed by atoms with Gasteiger partial charge in [0, 0.05) is 0 Å². The first-order valence-corrected chi connectivity index (χ1v) is 22.5. The van der Waals surface area contributed by atoms with E-state index in [0.29, 0.717) is 0 Å². The first-order chi connectivity index (χ1) is 28.9. The molecule has 0 aliphatic carbocycles. The molecule has 11 aromatic rings. The van der Waals surface area contributed by atoms with E-state index in [-0.39, 0.29) is 5.41 Å². The van der Waals surface area contributed by atoms with Crippen molar-refractivity contribution >= 4 is 62.1 Å². The fraction of sp³-hybridized carbons (Fsp3) is 0.0741. The number of hydrogen-bond acceptors (Lipinski definition) is 1. The number of nitrogens with zero attached hydrogens (tertiary/aromatic N) is 4. The first-order valence-electron chi connectivity index (χ1n) is 20.1. The molecule has 0 fully saturated rings. The van der Waals surface area contributed by atoms with E-state index in [2.05, 4.69) is 223 Å². The van der Waals surface area contributed by atoms with E-state index in [1.165, 1.54) is 67.7 Å². The van der Waals surface area contributed by atoms with Crippen LogP contribution < -0.4 is 4.57 Å². The molecule has 5 heteroatoms. The zero-order valence-electron chi connectivity index (χ0n) is 33.1. The molecule has 11 rings (SSSR count). The molecule has 7 aromatic carbocycles. The molecule has 0 aliphatic rings. The molecule has 0 bridgehead atoms. The van der Waals surface area contributed by atoms with Crippen molar-refractivity contribution in [1.29, 1.82) is 0 Å². The van der Waals surface area contributed by atoms with Gasteiger partial charge in [-0.15, -0.1) is 0 Å². The molecule has 4 nitrogen and oxygen atoms in total.